The summed E-state index contributed by atoms with van der Waals surface area (Å²) in [4.78, 5) is 13.2. The Labute approximate surface area is 114 Å². The Bertz CT molecular complexity index is 303. The van der Waals surface area contributed by atoms with Gasteiger partial charge in [0.25, 0.3) is 0 Å². The van der Waals surface area contributed by atoms with Crippen LogP contribution in [0.3, 0.4) is 0 Å². The molecule has 2 fully saturated rings. The molecular weight excluding hydrogens is 289 g/mol. The first kappa shape index (κ1) is 15.9. The summed E-state index contributed by atoms with van der Waals surface area (Å²) >= 11 is -0.249. The minimum atomic E-state index is -4.32. The van der Waals surface area contributed by atoms with Crippen molar-refractivity contribution in [2.75, 3.05) is 18.8 Å². The van der Waals surface area contributed by atoms with Gasteiger partial charge in [-0.2, -0.15) is 13.2 Å². The minimum Gasteiger partial charge on any atom is -0.340 e. The molecule has 0 aromatic rings. The lowest BCUT2D eigenvalue weighted by Gasteiger charge is -2.24. The van der Waals surface area contributed by atoms with Crippen LogP contribution in [-0.4, -0.2) is 47.2 Å². The van der Waals surface area contributed by atoms with Crippen LogP contribution in [0, 0.1) is 0 Å². The third kappa shape index (κ3) is 4.51. The highest BCUT2D eigenvalue weighted by molar-refractivity contribution is 8.00. The summed E-state index contributed by atoms with van der Waals surface area (Å²) < 4.78 is 36.0. The van der Waals surface area contributed by atoms with Gasteiger partial charge in [0.1, 0.15) is 0 Å². The molecule has 2 aliphatic rings. The van der Waals surface area contributed by atoms with E-state index in [2.05, 4.69) is 5.32 Å². The Morgan fingerprint density at radius 1 is 1.28 bits per heavy atom. The fourth-order valence-electron chi connectivity index (χ4n) is 2.40. The van der Waals surface area contributed by atoms with Gasteiger partial charge >= 0.3 is 5.51 Å². The van der Waals surface area contributed by atoms with Crippen molar-refractivity contribution in [3.8, 4) is 0 Å². The van der Waals surface area contributed by atoms with E-state index in [1.807, 2.05) is 0 Å². The highest BCUT2D eigenvalue weighted by Gasteiger charge is 2.33. The van der Waals surface area contributed by atoms with Crippen molar-refractivity contribution in [2.45, 2.75) is 36.9 Å². The first-order valence-electron chi connectivity index (χ1n) is 5.68. The number of rotatable bonds is 2. The molecular formula is C10H16ClF3N2OS. The van der Waals surface area contributed by atoms with Gasteiger partial charge in [-0.25, -0.2) is 0 Å². The molecule has 0 aliphatic carbocycles. The van der Waals surface area contributed by atoms with E-state index < -0.39 is 17.2 Å². The number of nitrogens with one attached hydrogen (secondary N) is 1. The van der Waals surface area contributed by atoms with Crippen molar-refractivity contribution in [3.05, 3.63) is 0 Å². The largest absolute Gasteiger partial charge is 0.442 e. The summed E-state index contributed by atoms with van der Waals surface area (Å²) in [6.07, 6.45) is 2.98. The molecule has 0 aromatic heterocycles. The number of alkyl halides is 3. The molecule has 18 heavy (non-hydrogen) atoms. The van der Waals surface area contributed by atoms with Crippen molar-refractivity contribution < 1.29 is 18.0 Å². The van der Waals surface area contributed by atoms with E-state index in [9.17, 15) is 18.0 Å². The summed E-state index contributed by atoms with van der Waals surface area (Å²) in [6, 6.07) is 0.704. The summed E-state index contributed by atoms with van der Waals surface area (Å²) in [5.41, 5.74) is -4.32. The fraction of sp³-hybridized carbons (Fsp3) is 0.900. The third-order valence-electron chi connectivity index (χ3n) is 3.24. The standard InChI is InChI=1S/C10H15F3N2OS.ClH/c11-10(12,13)17-6-9(16)15-4-3-7-1-2-8(5-15)14-7;/h7-8,14H,1-6H2;1H. The van der Waals surface area contributed by atoms with Crippen molar-refractivity contribution in [1.82, 2.24) is 10.2 Å². The van der Waals surface area contributed by atoms with E-state index in [1.54, 1.807) is 4.90 Å². The number of hydrogen-bond acceptors (Lipinski definition) is 3. The van der Waals surface area contributed by atoms with Crippen molar-refractivity contribution in [2.24, 2.45) is 0 Å². The molecule has 2 aliphatic heterocycles. The van der Waals surface area contributed by atoms with Crippen molar-refractivity contribution >= 4 is 30.1 Å². The number of carbonyl (C=O) groups excluding carboxylic acids is 1. The Morgan fingerprint density at radius 2 is 1.94 bits per heavy atom. The lowest BCUT2D eigenvalue weighted by atomic mass is 10.1. The van der Waals surface area contributed by atoms with Gasteiger partial charge in [0, 0.05) is 25.2 Å². The van der Waals surface area contributed by atoms with Gasteiger partial charge in [-0.3, -0.25) is 4.79 Å². The molecule has 2 rings (SSSR count). The number of nitrogens with zero attached hydrogens (tertiary/aromatic N) is 1. The number of halogens is 4. The maximum Gasteiger partial charge on any atom is 0.442 e. The zero-order valence-corrected chi connectivity index (χ0v) is 11.3. The van der Waals surface area contributed by atoms with Crippen LogP contribution in [0.2, 0.25) is 0 Å². The molecule has 3 nitrogen and oxygen atoms in total. The molecule has 106 valence electrons. The summed E-state index contributed by atoms with van der Waals surface area (Å²) in [6.45, 7) is 1.12. The van der Waals surface area contributed by atoms with Crippen LogP contribution < -0.4 is 5.32 Å². The van der Waals surface area contributed by atoms with E-state index in [-0.39, 0.29) is 30.2 Å². The molecule has 2 heterocycles. The van der Waals surface area contributed by atoms with E-state index in [4.69, 9.17) is 0 Å². The Kier molecular flexibility index (Phi) is 5.61. The zero-order valence-electron chi connectivity index (χ0n) is 9.70. The van der Waals surface area contributed by atoms with E-state index in [1.165, 1.54) is 0 Å². The molecule has 2 saturated heterocycles. The van der Waals surface area contributed by atoms with Crippen LogP contribution in [-0.2, 0) is 4.79 Å². The molecule has 2 bridgehead atoms. The molecule has 2 atom stereocenters. The number of thioether (sulfide) groups is 1. The van der Waals surface area contributed by atoms with Gasteiger partial charge in [-0.15, -0.1) is 12.4 Å². The molecule has 0 saturated carbocycles. The SMILES string of the molecule is Cl.O=C(CSC(F)(F)F)N1CCC2CCC(C1)N2. The normalized spacial score (nSPS) is 27.6. The van der Waals surface area contributed by atoms with E-state index in [0.29, 0.717) is 19.1 Å². The number of fused-ring (bicyclic) bond motifs is 2. The second-order valence-corrected chi connectivity index (χ2v) is 5.54. The lowest BCUT2D eigenvalue weighted by Crippen LogP contribution is -2.40. The molecule has 8 heteroatoms. The first-order valence-corrected chi connectivity index (χ1v) is 6.67. The average molecular weight is 305 g/mol. The Balaban J connectivity index is 0.00000162. The average Bonchev–Trinajstić information content (AvgIpc) is 2.54. The monoisotopic (exact) mass is 304 g/mol. The summed E-state index contributed by atoms with van der Waals surface area (Å²) in [5.74, 6) is -0.900. The summed E-state index contributed by atoms with van der Waals surface area (Å²) in [7, 11) is 0. The van der Waals surface area contributed by atoms with Crippen molar-refractivity contribution in [1.29, 1.82) is 0 Å². The maximum absolute atomic E-state index is 12.0. The second kappa shape index (κ2) is 6.34. The van der Waals surface area contributed by atoms with Crippen LogP contribution in [0.15, 0.2) is 0 Å². The minimum absolute atomic E-state index is 0. The van der Waals surface area contributed by atoms with Crippen LogP contribution in [0.4, 0.5) is 13.2 Å². The number of hydrogen-bond donors (Lipinski definition) is 1. The molecule has 1 N–H and O–H groups in total. The third-order valence-corrected chi connectivity index (χ3v) is 3.95. The Morgan fingerprint density at radius 3 is 2.61 bits per heavy atom. The van der Waals surface area contributed by atoms with Gasteiger partial charge in [-0.1, -0.05) is 0 Å². The molecule has 0 aromatic carbocycles. The highest BCUT2D eigenvalue weighted by Crippen LogP contribution is 2.30. The van der Waals surface area contributed by atoms with Crippen LogP contribution in [0.5, 0.6) is 0 Å². The predicted molar refractivity (Wildman–Crippen MR) is 66.9 cm³/mol. The first-order chi connectivity index (χ1) is 7.94. The molecule has 1 amide bonds. The van der Waals surface area contributed by atoms with E-state index >= 15 is 0 Å². The number of likely N-dealkylation sites (tertiary alicyclic amines) is 1. The number of amides is 1. The quantitative estimate of drug-likeness (QED) is 0.847. The molecule has 2 unspecified atom stereocenters. The van der Waals surface area contributed by atoms with Crippen molar-refractivity contribution in [3.63, 3.8) is 0 Å². The highest BCUT2D eigenvalue weighted by atomic mass is 35.5. The van der Waals surface area contributed by atoms with Gasteiger partial charge in [0.15, 0.2) is 0 Å². The Hall–Kier alpha value is -0.140. The molecule has 0 spiro atoms. The van der Waals surface area contributed by atoms with Gasteiger partial charge in [0.2, 0.25) is 5.91 Å². The van der Waals surface area contributed by atoms with E-state index in [0.717, 1.165) is 19.3 Å². The van der Waals surface area contributed by atoms with Crippen LogP contribution in [0.1, 0.15) is 19.3 Å². The fourth-order valence-corrected chi connectivity index (χ4v) is 2.87. The smallest absolute Gasteiger partial charge is 0.340 e. The topological polar surface area (TPSA) is 32.3 Å². The van der Waals surface area contributed by atoms with Gasteiger partial charge in [0.05, 0.1) is 5.75 Å². The van der Waals surface area contributed by atoms with Crippen LogP contribution in [0.25, 0.3) is 0 Å². The predicted octanol–water partition coefficient (Wildman–Crippen LogP) is 2.01. The lowest BCUT2D eigenvalue weighted by molar-refractivity contribution is -0.128. The zero-order chi connectivity index (χ0) is 12.5. The van der Waals surface area contributed by atoms with Gasteiger partial charge in [-0.05, 0) is 31.0 Å². The molecule has 0 radical (unpaired) electrons. The second-order valence-electron chi connectivity index (χ2n) is 4.50. The number of carbonyl (C=O) groups is 1. The summed E-state index contributed by atoms with van der Waals surface area (Å²) in [5, 5.41) is 3.39. The van der Waals surface area contributed by atoms with Gasteiger partial charge < -0.3 is 10.2 Å². The van der Waals surface area contributed by atoms with Crippen LogP contribution >= 0.6 is 24.2 Å². The maximum atomic E-state index is 12.0.